The van der Waals surface area contributed by atoms with Crippen molar-refractivity contribution in [2.24, 2.45) is 23.3 Å². The van der Waals surface area contributed by atoms with Crippen LogP contribution in [0.15, 0.2) is 30.3 Å². The maximum absolute atomic E-state index is 12.5. The van der Waals surface area contributed by atoms with E-state index < -0.39 is 6.04 Å². The summed E-state index contributed by atoms with van der Waals surface area (Å²) in [6.07, 6.45) is 5.88. The Morgan fingerprint density at radius 2 is 2.03 bits per heavy atom. The maximum atomic E-state index is 12.5. The van der Waals surface area contributed by atoms with Gasteiger partial charge in [0.1, 0.15) is 0 Å². The zero-order chi connectivity index (χ0) is 20.4. The van der Waals surface area contributed by atoms with E-state index in [9.17, 15) is 4.79 Å². The van der Waals surface area contributed by atoms with E-state index in [0.717, 1.165) is 19.3 Å². The Morgan fingerprint density at radius 3 is 2.70 bits per heavy atom. The molecule has 8 heteroatoms. The van der Waals surface area contributed by atoms with Crippen LogP contribution in [-0.2, 0) is 20.5 Å². The SMILES string of the molecule is CC12OB(C(CNC(=O)[C@@H](N)CCCCN)Cc3ccccc3)OC1C1CC2C1.[Cl-]. The van der Waals surface area contributed by atoms with E-state index in [2.05, 4.69) is 24.4 Å². The smallest absolute Gasteiger partial charge is 0.463 e. The molecule has 3 unspecified atom stereocenters. The number of carbonyl (C=O) groups is 1. The molecular formula is C22H34BClN3O3-. The summed E-state index contributed by atoms with van der Waals surface area (Å²) in [5, 5.41) is 3.05. The monoisotopic (exact) mass is 434 g/mol. The molecule has 6 nitrogen and oxygen atoms in total. The molecule has 0 aromatic heterocycles. The van der Waals surface area contributed by atoms with Gasteiger partial charge in [-0.15, -0.1) is 0 Å². The second kappa shape index (κ2) is 10.0. The molecule has 2 bridgehead atoms. The molecule has 1 aromatic carbocycles. The lowest BCUT2D eigenvalue weighted by atomic mass is 9.67. The lowest BCUT2D eigenvalue weighted by molar-refractivity contribution is -0.122. The van der Waals surface area contributed by atoms with Crippen LogP contribution in [0.25, 0.3) is 0 Å². The molecule has 30 heavy (non-hydrogen) atoms. The fourth-order valence-corrected chi connectivity index (χ4v) is 5.30. The molecule has 0 radical (unpaired) electrons. The van der Waals surface area contributed by atoms with Crippen LogP contribution in [0.1, 0.15) is 44.6 Å². The first-order valence-electron chi connectivity index (χ1n) is 11.1. The van der Waals surface area contributed by atoms with E-state index in [0.29, 0.717) is 31.3 Å². The van der Waals surface area contributed by atoms with Crippen molar-refractivity contribution in [1.82, 2.24) is 5.32 Å². The van der Waals surface area contributed by atoms with E-state index in [1.165, 1.54) is 18.4 Å². The molecule has 1 heterocycles. The van der Waals surface area contributed by atoms with Crippen LogP contribution in [0.5, 0.6) is 0 Å². The summed E-state index contributed by atoms with van der Waals surface area (Å²) in [5.74, 6) is 1.20. The first-order valence-corrected chi connectivity index (χ1v) is 11.1. The van der Waals surface area contributed by atoms with Gasteiger partial charge in [-0.2, -0.15) is 0 Å². The number of hydrogen-bond acceptors (Lipinski definition) is 5. The third-order valence-electron chi connectivity index (χ3n) is 7.20. The molecular weight excluding hydrogens is 401 g/mol. The van der Waals surface area contributed by atoms with E-state index in [1.807, 2.05) is 18.2 Å². The zero-order valence-corrected chi connectivity index (χ0v) is 18.5. The molecule has 4 fully saturated rings. The molecule has 1 aromatic rings. The second-order valence-electron chi connectivity index (χ2n) is 9.24. The van der Waals surface area contributed by atoms with Crippen molar-refractivity contribution in [1.29, 1.82) is 0 Å². The lowest BCUT2D eigenvalue weighted by Gasteiger charge is -2.32. The van der Waals surface area contributed by atoms with Crippen molar-refractivity contribution in [3.05, 3.63) is 35.9 Å². The molecule has 1 aliphatic heterocycles. The summed E-state index contributed by atoms with van der Waals surface area (Å²) in [4.78, 5) is 12.5. The highest BCUT2D eigenvalue weighted by atomic mass is 35.5. The van der Waals surface area contributed by atoms with Gasteiger partial charge in [0.2, 0.25) is 5.91 Å². The highest BCUT2D eigenvalue weighted by Crippen LogP contribution is 2.61. The van der Waals surface area contributed by atoms with Gasteiger partial charge in [0, 0.05) is 12.4 Å². The van der Waals surface area contributed by atoms with Crippen LogP contribution in [-0.4, -0.2) is 43.9 Å². The van der Waals surface area contributed by atoms with Crippen LogP contribution in [0, 0.1) is 11.8 Å². The van der Waals surface area contributed by atoms with Gasteiger partial charge in [-0.3, -0.25) is 4.79 Å². The summed E-state index contributed by atoms with van der Waals surface area (Å²) in [5.41, 5.74) is 12.6. The van der Waals surface area contributed by atoms with E-state index in [4.69, 9.17) is 20.8 Å². The van der Waals surface area contributed by atoms with Gasteiger partial charge in [-0.1, -0.05) is 36.8 Å². The fraction of sp³-hybridized carbons (Fsp3) is 0.682. The molecule has 1 amide bonds. The molecule has 3 aliphatic carbocycles. The summed E-state index contributed by atoms with van der Waals surface area (Å²) in [6.45, 7) is 3.34. The van der Waals surface area contributed by atoms with Gasteiger partial charge in [0.05, 0.1) is 17.7 Å². The zero-order valence-electron chi connectivity index (χ0n) is 17.8. The topological polar surface area (TPSA) is 99.6 Å². The molecule has 5 rings (SSSR count). The standard InChI is InChI=1S/C22H34BN3O3.ClH/c1-22-17-12-16(13-17)20(22)28-23(29-22)18(11-15-7-3-2-4-8-15)14-26-21(27)19(25)9-5-6-10-24;/h2-4,7-8,16-20H,5-6,9-14,24-25H2,1H3,(H,26,27);1H/p-1/t16?,17?,18?,19-,20?,22?;/m0./s1. The third kappa shape index (κ3) is 4.70. The number of benzene rings is 1. The minimum atomic E-state index is -0.492. The van der Waals surface area contributed by atoms with Crippen molar-refractivity contribution in [2.75, 3.05) is 13.1 Å². The summed E-state index contributed by atoms with van der Waals surface area (Å²) < 4.78 is 12.9. The summed E-state index contributed by atoms with van der Waals surface area (Å²) in [6, 6.07) is 9.83. The molecule has 0 spiro atoms. The van der Waals surface area contributed by atoms with Crippen LogP contribution in [0.4, 0.5) is 0 Å². The molecule has 3 saturated carbocycles. The first-order chi connectivity index (χ1) is 14.0. The number of unbranched alkanes of at least 4 members (excludes halogenated alkanes) is 1. The molecule has 5 N–H and O–H groups in total. The minimum Gasteiger partial charge on any atom is -1.00 e. The van der Waals surface area contributed by atoms with E-state index in [1.54, 1.807) is 0 Å². The Labute approximate surface area is 186 Å². The Morgan fingerprint density at radius 1 is 1.30 bits per heavy atom. The quantitative estimate of drug-likeness (QED) is 0.320. The largest absolute Gasteiger partial charge is 1.00 e. The van der Waals surface area contributed by atoms with E-state index >= 15 is 0 Å². The van der Waals surface area contributed by atoms with Crippen molar-refractivity contribution in [3.8, 4) is 0 Å². The van der Waals surface area contributed by atoms with Gasteiger partial charge in [-0.25, -0.2) is 0 Å². The predicted octanol–water partition coefficient (Wildman–Crippen LogP) is -1.12. The van der Waals surface area contributed by atoms with Crippen LogP contribution in [0.3, 0.4) is 0 Å². The molecule has 166 valence electrons. The molecule has 1 saturated heterocycles. The number of nitrogens with one attached hydrogen (secondary N) is 1. The van der Waals surface area contributed by atoms with Gasteiger partial charge in [0.15, 0.2) is 0 Å². The first kappa shape index (κ1) is 23.5. The number of carbonyl (C=O) groups excluding carboxylic acids is 1. The number of halogens is 1. The highest BCUT2D eigenvalue weighted by molar-refractivity contribution is 6.47. The van der Waals surface area contributed by atoms with Crippen molar-refractivity contribution in [2.45, 2.75) is 69.0 Å². The average molecular weight is 435 g/mol. The fourth-order valence-electron chi connectivity index (χ4n) is 5.30. The third-order valence-corrected chi connectivity index (χ3v) is 7.20. The Balaban J connectivity index is 0.00000256. The van der Waals surface area contributed by atoms with Crippen LogP contribution < -0.4 is 29.2 Å². The summed E-state index contributed by atoms with van der Waals surface area (Å²) in [7, 11) is -0.287. The van der Waals surface area contributed by atoms with Gasteiger partial charge in [0.25, 0.3) is 0 Å². The van der Waals surface area contributed by atoms with Crippen molar-refractivity contribution >= 4 is 13.0 Å². The van der Waals surface area contributed by atoms with Crippen LogP contribution >= 0.6 is 0 Å². The number of amides is 1. The maximum Gasteiger partial charge on any atom is 0.463 e. The van der Waals surface area contributed by atoms with Crippen molar-refractivity contribution in [3.63, 3.8) is 0 Å². The number of rotatable bonds is 10. The minimum absolute atomic E-state index is 0. The Bertz CT molecular complexity index is 706. The molecule has 4 atom stereocenters. The number of nitrogens with two attached hydrogens (primary N) is 2. The van der Waals surface area contributed by atoms with Gasteiger partial charge in [-0.05, 0) is 63.0 Å². The average Bonchev–Trinajstić information content (AvgIpc) is 3.24. The van der Waals surface area contributed by atoms with E-state index in [-0.39, 0.29) is 43.0 Å². The summed E-state index contributed by atoms with van der Waals surface area (Å²) >= 11 is 0. The lowest BCUT2D eigenvalue weighted by Crippen LogP contribution is -3.00. The predicted molar refractivity (Wildman–Crippen MR) is 114 cm³/mol. The van der Waals surface area contributed by atoms with Crippen LogP contribution in [0.2, 0.25) is 5.82 Å². The Kier molecular flexibility index (Phi) is 7.85. The second-order valence-corrected chi connectivity index (χ2v) is 9.24. The highest BCUT2D eigenvalue weighted by Gasteiger charge is 2.67. The van der Waals surface area contributed by atoms with Gasteiger partial charge < -0.3 is 38.5 Å². The normalized spacial score (nSPS) is 30.8. The van der Waals surface area contributed by atoms with Crippen molar-refractivity contribution < 1.29 is 26.5 Å². The Hall–Kier alpha value is -1.12. The van der Waals surface area contributed by atoms with Gasteiger partial charge >= 0.3 is 7.12 Å². The number of hydrogen-bond donors (Lipinski definition) is 3. The molecule has 4 aliphatic rings.